The predicted molar refractivity (Wildman–Crippen MR) is 98.9 cm³/mol. The van der Waals surface area contributed by atoms with E-state index in [0.29, 0.717) is 17.4 Å². The Bertz CT molecular complexity index is 1100. The number of aromatic nitrogens is 4. The van der Waals surface area contributed by atoms with Crippen LogP contribution in [0.3, 0.4) is 0 Å². The molecule has 0 amide bonds. The fourth-order valence-electron chi connectivity index (χ4n) is 3.13. The molecule has 1 aliphatic rings. The van der Waals surface area contributed by atoms with Crippen LogP contribution in [0, 0.1) is 13.8 Å². The number of hydrogen-bond donors (Lipinski definition) is 1. The third kappa shape index (κ3) is 2.94. The number of benzene rings is 1. The van der Waals surface area contributed by atoms with Crippen molar-refractivity contribution in [1.29, 1.82) is 0 Å². The van der Waals surface area contributed by atoms with Crippen LogP contribution >= 0.6 is 0 Å². The van der Waals surface area contributed by atoms with Gasteiger partial charge in [-0.25, -0.2) is 4.98 Å². The van der Waals surface area contributed by atoms with Crippen LogP contribution in [0.5, 0.6) is 0 Å². The molecule has 1 fully saturated rings. The lowest BCUT2D eigenvalue weighted by Gasteiger charge is -2.12. The molecule has 0 unspecified atom stereocenters. The van der Waals surface area contributed by atoms with E-state index in [1.54, 1.807) is 4.52 Å². The molecule has 0 aliphatic heterocycles. The Balaban J connectivity index is 1.78. The number of sulfonamides is 1. The first-order chi connectivity index (χ1) is 12.4. The van der Waals surface area contributed by atoms with Crippen LogP contribution in [0.1, 0.15) is 48.2 Å². The lowest BCUT2D eigenvalue weighted by atomic mass is 10.1. The Labute approximate surface area is 152 Å². The van der Waals surface area contributed by atoms with E-state index in [2.05, 4.69) is 19.8 Å². The molecule has 26 heavy (non-hydrogen) atoms. The third-order valence-corrected chi connectivity index (χ3v) is 5.79. The normalized spacial score (nSPS) is 14.7. The second kappa shape index (κ2) is 6.05. The summed E-state index contributed by atoms with van der Waals surface area (Å²) in [5, 5.41) is 4.01. The van der Waals surface area contributed by atoms with Gasteiger partial charge in [0.1, 0.15) is 0 Å². The molecular weight excluding hydrogens is 350 g/mol. The molecule has 7 nitrogen and oxygen atoms in total. The van der Waals surface area contributed by atoms with Gasteiger partial charge in [-0.3, -0.25) is 4.72 Å². The highest BCUT2D eigenvalue weighted by Crippen LogP contribution is 2.40. The summed E-state index contributed by atoms with van der Waals surface area (Å²) < 4.78 is 30.0. The average Bonchev–Trinajstić information content (AvgIpc) is 3.34. The van der Waals surface area contributed by atoms with Gasteiger partial charge in [-0.05, 0) is 50.3 Å². The molecular formula is C18H21N5O2S. The molecule has 136 valence electrons. The Hall–Kier alpha value is -2.48. The number of fused-ring (bicyclic) bond motifs is 1. The van der Waals surface area contributed by atoms with Gasteiger partial charge in [0.15, 0.2) is 0 Å². The highest BCUT2D eigenvalue weighted by molar-refractivity contribution is 7.92. The zero-order chi connectivity index (χ0) is 18.5. The van der Waals surface area contributed by atoms with E-state index in [4.69, 9.17) is 0 Å². The number of para-hydroxylation sites is 1. The quantitative estimate of drug-likeness (QED) is 0.745. The molecule has 0 radical (unpaired) electrons. The molecule has 4 rings (SSSR count). The van der Waals surface area contributed by atoms with Crippen molar-refractivity contribution >= 4 is 21.5 Å². The van der Waals surface area contributed by atoms with Gasteiger partial charge in [0.05, 0.1) is 11.4 Å². The Kier molecular flexibility index (Phi) is 3.95. The highest BCUT2D eigenvalue weighted by Gasteiger charge is 2.29. The zero-order valence-corrected chi connectivity index (χ0v) is 15.8. The fraction of sp³-hybridized carbons (Fsp3) is 0.389. The summed E-state index contributed by atoms with van der Waals surface area (Å²) in [6.07, 6.45) is 2.90. The number of nitrogens with one attached hydrogen (secondary N) is 1. The van der Waals surface area contributed by atoms with Crippen molar-refractivity contribution in [3.63, 3.8) is 0 Å². The molecule has 0 spiro atoms. The summed E-state index contributed by atoms with van der Waals surface area (Å²) in [6.45, 7) is 5.75. The van der Waals surface area contributed by atoms with Gasteiger partial charge in [-0.1, -0.05) is 25.1 Å². The van der Waals surface area contributed by atoms with E-state index in [-0.39, 0.29) is 5.16 Å². The van der Waals surface area contributed by atoms with Crippen molar-refractivity contribution in [2.45, 2.75) is 51.1 Å². The van der Waals surface area contributed by atoms with E-state index in [0.717, 1.165) is 41.8 Å². The number of rotatable bonds is 5. The monoisotopic (exact) mass is 371 g/mol. The molecule has 2 heterocycles. The van der Waals surface area contributed by atoms with Gasteiger partial charge < -0.3 is 0 Å². The van der Waals surface area contributed by atoms with Gasteiger partial charge >= 0.3 is 0 Å². The van der Waals surface area contributed by atoms with Crippen molar-refractivity contribution in [1.82, 2.24) is 19.6 Å². The lowest BCUT2D eigenvalue weighted by molar-refractivity contribution is 0.591. The minimum absolute atomic E-state index is 0.247. The summed E-state index contributed by atoms with van der Waals surface area (Å²) in [5.74, 6) is 0.736. The Morgan fingerprint density at radius 1 is 1.23 bits per heavy atom. The van der Waals surface area contributed by atoms with Crippen molar-refractivity contribution in [3.05, 3.63) is 46.8 Å². The van der Waals surface area contributed by atoms with Crippen molar-refractivity contribution in [2.75, 3.05) is 4.72 Å². The second-order valence-electron chi connectivity index (χ2n) is 6.77. The first kappa shape index (κ1) is 17.0. The predicted octanol–water partition coefficient (Wildman–Crippen LogP) is 2.98. The zero-order valence-electron chi connectivity index (χ0n) is 15.0. The molecule has 0 bridgehead atoms. The first-order valence-corrected chi connectivity index (χ1v) is 10.2. The summed E-state index contributed by atoms with van der Waals surface area (Å²) >= 11 is 0. The number of hydrogen-bond acceptors (Lipinski definition) is 5. The summed E-state index contributed by atoms with van der Waals surface area (Å²) in [7, 11) is -3.90. The van der Waals surface area contributed by atoms with Crippen LogP contribution in [0.25, 0.3) is 5.78 Å². The topological polar surface area (TPSA) is 89.2 Å². The summed E-state index contributed by atoms with van der Waals surface area (Å²) in [5.41, 5.74) is 4.19. The van der Waals surface area contributed by atoms with E-state index in [1.807, 2.05) is 45.0 Å². The Morgan fingerprint density at radius 3 is 2.69 bits per heavy atom. The van der Waals surface area contributed by atoms with Gasteiger partial charge in [0.25, 0.3) is 21.0 Å². The van der Waals surface area contributed by atoms with Gasteiger partial charge in [-0.2, -0.15) is 17.9 Å². The fourth-order valence-corrected chi connectivity index (χ4v) is 4.17. The maximum absolute atomic E-state index is 12.9. The summed E-state index contributed by atoms with van der Waals surface area (Å²) in [6, 6.07) is 7.67. The van der Waals surface area contributed by atoms with Crippen molar-refractivity contribution in [2.24, 2.45) is 0 Å². The molecule has 8 heteroatoms. The molecule has 1 N–H and O–H groups in total. The lowest BCUT2D eigenvalue weighted by Crippen LogP contribution is -2.17. The van der Waals surface area contributed by atoms with E-state index >= 15 is 0 Å². The third-order valence-electron chi connectivity index (χ3n) is 4.66. The molecule has 3 aromatic rings. The molecule has 0 atom stereocenters. The van der Waals surface area contributed by atoms with Gasteiger partial charge in [-0.15, -0.1) is 5.10 Å². The van der Waals surface area contributed by atoms with E-state index in [1.165, 1.54) is 0 Å². The van der Waals surface area contributed by atoms with Crippen molar-refractivity contribution < 1.29 is 8.42 Å². The Morgan fingerprint density at radius 2 is 2.00 bits per heavy atom. The average molecular weight is 371 g/mol. The number of anilines is 1. The SMILES string of the molecule is CCc1cccc(C)c1NS(=O)(=O)c1nc2nc(C)cc(C3CC3)n2n1. The minimum Gasteiger partial charge on any atom is -0.276 e. The van der Waals surface area contributed by atoms with Crippen LogP contribution < -0.4 is 4.72 Å². The van der Waals surface area contributed by atoms with Gasteiger partial charge in [0, 0.05) is 11.6 Å². The van der Waals surface area contributed by atoms with Crippen LogP contribution in [-0.4, -0.2) is 28.0 Å². The van der Waals surface area contributed by atoms with E-state index in [9.17, 15) is 8.42 Å². The highest BCUT2D eigenvalue weighted by atomic mass is 32.2. The number of nitrogens with zero attached hydrogens (tertiary/aromatic N) is 4. The van der Waals surface area contributed by atoms with Crippen molar-refractivity contribution in [3.8, 4) is 0 Å². The van der Waals surface area contributed by atoms with Crippen LogP contribution in [0.2, 0.25) is 0 Å². The standard InChI is InChI=1S/C18H21N5O2S/c1-4-13-7-5-6-11(2)16(13)22-26(24,25)18-20-17-19-12(3)10-15(14-8-9-14)23(17)21-18/h5-7,10,14,22H,4,8-9H2,1-3H3. The maximum atomic E-state index is 12.9. The van der Waals surface area contributed by atoms with Crippen LogP contribution in [0.4, 0.5) is 5.69 Å². The molecule has 2 aromatic heterocycles. The van der Waals surface area contributed by atoms with Crippen LogP contribution in [0.15, 0.2) is 29.4 Å². The minimum atomic E-state index is -3.90. The first-order valence-electron chi connectivity index (χ1n) is 8.74. The van der Waals surface area contributed by atoms with Crippen LogP contribution in [-0.2, 0) is 16.4 Å². The second-order valence-corrected chi connectivity index (χ2v) is 8.35. The largest absolute Gasteiger partial charge is 0.299 e. The van der Waals surface area contributed by atoms with E-state index < -0.39 is 10.0 Å². The molecule has 1 aliphatic carbocycles. The van der Waals surface area contributed by atoms with Gasteiger partial charge in [0.2, 0.25) is 0 Å². The molecule has 1 saturated carbocycles. The number of aryl methyl sites for hydroxylation is 3. The molecule has 1 aromatic carbocycles. The maximum Gasteiger partial charge on any atom is 0.299 e. The summed E-state index contributed by atoms with van der Waals surface area (Å²) in [4.78, 5) is 8.52. The smallest absolute Gasteiger partial charge is 0.276 e. The molecule has 0 saturated heterocycles.